The van der Waals surface area contributed by atoms with Crippen LogP contribution < -0.4 is 25.6 Å². The molecule has 2 heterocycles. The third-order valence-electron chi connectivity index (χ3n) is 4.57. The number of anilines is 1. The topological polar surface area (TPSA) is 88.7 Å². The largest absolute Gasteiger partial charge is 0.454 e. The maximum atomic E-state index is 12.4. The van der Waals surface area contributed by atoms with Gasteiger partial charge in [-0.15, -0.1) is 11.3 Å². The summed E-state index contributed by atoms with van der Waals surface area (Å²) in [6.45, 7) is 2.40. The fraction of sp³-hybridized carbons (Fsp3) is 0.333. The molecule has 4 rings (SSSR count). The lowest BCUT2D eigenvalue weighted by molar-refractivity contribution is 0.0937. The molecule has 1 aliphatic carbocycles. The van der Waals surface area contributed by atoms with Crippen molar-refractivity contribution in [2.24, 2.45) is 5.92 Å². The number of carbonyl (C=O) groups is 2. The van der Waals surface area contributed by atoms with E-state index in [4.69, 9.17) is 9.47 Å². The molecular weight excluding hydrogens is 354 g/mol. The van der Waals surface area contributed by atoms with Crippen LogP contribution in [0.5, 0.6) is 11.5 Å². The number of rotatable bonds is 2. The van der Waals surface area contributed by atoms with Gasteiger partial charge in [0.1, 0.15) is 0 Å². The number of ether oxygens (including phenoxy) is 2. The number of benzene rings is 1. The first-order valence-corrected chi connectivity index (χ1v) is 9.34. The molecule has 0 saturated carbocycles. The molecule has 8 heteroatoms. The number of thiophene rings is 1. The Kier molecular flexibility index (Phi) is 4.42. The van der Waals surface area contributed by atoms with Crippen molar-refractivity contribution < 1.29 is 19.1 Å². The van der Waals surface area contributed by atoms with Gasteiger partial charge in [-0.25, -0.2) is 10.2 Å². The van der Waals surface area contributed by atoms with E-state index in [0.717, 1.165) is 24.8 Å². The first-order chi connectivity index (χ1) is 12.6. The lowest BCUT2D eigenvalue weighted by Gasteiger charge is -2.18. The second-order valence-electron chi connectivity index (χ2n) is 6.50. The lowest BCUT2D eigenvalue weighted by atomic mass is 9.88. The predicted molar refractivity (Wildman–Crippen MR) is 97.7 cm³/mol. The second-order valence-corrected chi connectivity index (χ2v) is 7.46. The fourth-order valence-electron chi connectivity index (χ4n) is 3.19. The van der Waals surface area contributed by atoms with Gasteiger partial charge < -0.3 is 14.8 Å². The first-order valence-electron chi connectivity index (χ1n) is 8.46. The molecule has 7 nitrogen and oxygen atoms in total. The van der Waals surface area contributed by atoms with Crippen LogP contribution in [0.15, 0.2) is 23.6 Å². The van der Waals surface area contributed by atoms with E-state index in [1.807, 2.05) is 5.38 Å². The highest BCUT2D eigenvalue weighted by Crippen LogP contribution is 2.34. The summed E-state index contributed by atoms with van der Waals surface area (Å²) < 4.78 is 10.5. The van der Waals surface area contributed by atoms with Crippen LogP contribution in [0.1, 0.15) is 34.1 Å². The fourth-order valence-corrected chi connectivity index (χ4v) is 4.43. The molecular formula is C18H19N3O4S. The lowest BCUT2D eigenvalue weighted by Crippen LogP contribution is -2.44. The van der Waals surface area contributed by atoms with Crippen molar-refractivity contribution >= 4 is 29.0 Å². The number of hydrogen-bond donors (Lipinski definition) is 3. The van der Waals surface area contributed by atoms with E-state index >= 15 is 0 Å². The number of urea groups is 1. The van der Waals surface area contributed by atoms with Gasteiger partial charge in [0.2, 0.25) is 6.79 Å². The molecule has 26 heavy (non-hydrogen) atoms. The SMILES string of the molecule is C[C@@H]1CCc2c(C(=O)NNC(=O)Nc3ccc4c(c3)OCO4)csc2C1. The van der Waals surface area contributed by atoms with E-state index in [0.29, 0.717) is 28.7 Å². The van der Waals surface area contributed by atoms with Crippen LogP contribution in [-0.2, 0) is 12.8 Å². The smallest absolute Gasteiger partial charge is 0.337 e. The Bertz CT molecular complexity index is 864. The van der Waals surface area contributed by atoms with Crippen molar-refractivity contribution in [3.05, 3.63) is 39.6 Å². The number of amides is 3. The maximum absolute atomic E-state index is 12.4. The van der Waals surface area contributed by atoms with Crippen LogP contribution in [0.3, 0.4) is 0 Å². The minimum atomic E-state index is -0.532. The molecule has 136 valence electrons. The van der Waals surface area contributed by atoms with Crippen molar-refractivity contribution in [3.8, 4) is 11.5 Å². The Morgan fingerprint density at radius 1 is 1.19 bits per heavy atom. The molecule has 1 aliphatic heterocycles. The molecule has 0 bridgehead atoms. The summed E-state index contributed by atoms with van der Waals surface area (Å²) in [6.07, 6.45) is 3.01. The van der Waals surface area contributed by atoms with Crippen molar-refractivity contribution in [1.29, 1.82) is 0 Å². The Balaban J connectivity index is 1.34. The quantitative estimate of drug-likeness (QED) is 0.706. The molecule has 2 aliphatic rings. The zero-order valence-corrected chi connectivity index (χ0v) is 15.1. The third-order valence-corrected chi connectivity index (χ3v) is 5.62. The van der Waals surface area contributed by atoms with Gasteiger partial charge in [0.25, 0.3) is 5.91 Å². The van der Waals surface area contributed by atoms with Crippen LogP contribution >= 0.6 is 11.3 Å². The van der Waals surface area contributed by atoms with Gasteiger partial charge in [-0.1, -0.05) is 6.92 Å². The third kappa shape index (κ3) is 3.32. The van der Waals surface area contributed by atoms with Crippen LogP contribution in [-0.4, -0.2) is 18.7 Å². The number of carbonyl (C=O) groups excluding carboxylic acids is 2. The van der Waals surface area contributed by atoms with Crippen molar-refractivity contribution in [2.75, 3.05) is 12.1 Å². The van der Waals surface area contributed by atoms with Gasteiger partial charge >= 0.3 is 6.03 Å². The Morgan fingerprint density at radius 3 is 2.92 bits per heavy atom. The molecule has 0 spiro atoms. The monoisotopic (exact) mass is 373 g/mol. The summed E-state index contributed by atoms with van der Waals surface area (Å²) in [5.41, 5.74) is 7.17. The highest BCUT2D eigenvalue weighted by Gasteiger charge is 2.23. The van der Waals surface area contributed by atoms with E-state index in [1.54, 1.807) is 29.5 Å². The zero-order chi connectivity index (χ0) is 18.1. The van der Waals surface area contributed by atoms with Crippen LogP contribution in [0.4, 0.5) is 10.5 Å². The average Bonchev–Trinajstić information content (AvgIpc) is 3.25. The minimum absolute atomic E-state index is 0.171. The summed E-state index contributed by atoms with van der Waals surface area (Å²) in [5.74, 6) is 1.58. The average molecular weight is 373 g/mol. The van der Waals surface area contributed by atoms with E-state index in [9.17, 15) is 9.59 Å². The minimum Gasteiger partial charge on any atom is -0.454 e. The Labute approximate surface area is 154 Å². The molecule has 0 fully saturated rings. The van der Waals surface area contributed by atoms with Crippen LogP contribution in [0.25, 0.3) is 0 Å². The van der Waals surface area contributed by atoms with Crippen LogP contribution in [0, 0.1) is 5.92 Å². The summed E-state index contributed by atoms with van der Waals surface area (Å²) in [6, 6.07) is 4.55. The normalized spacial score (nSPS) is 17.3. The van der Waals surface area contributed by atoms with E-state index in [2.05, 4.69) is 23.1 Å². The predicted octanol–water partition coefficient (Wildman–Crippen LogP) is 3.07. The van der Waals surface area contributed by atoms with Gasteiger partial charge in [-0.2, -0.15) is 0 Å². The molecule has 0 unspecified atom stereocenters. The molecule has 0 radical (unpaired) electrons. The Hall–Kier alpha value is -2.74. The summed E-state index contributed by atoms with van der Waals surface area (Å²) in [7, 11) is 0. The van der Waals surface area contributed by atoms with Gasteiger partial charge in [-0.3, -0.25) is 10.2 Å². The van der Waals surface area contributed by atoms with Crippen LogP contribution in [0.2, 0.25) is 0 Å². The molecule has 2 aromatic rings. The number of nitrogens with one attached hydrogen (secondary N) is 3. The molecule has 1 aromatic heterocycles. The molecule has 3 amide bonds. The molecule has 3 N–H and O–H groups in total. The number of fused-ring (bicyclic) bond motifs is 2. The van der Waals surface area contributed by atoms with Crippen molar-refractivity contribution in [1.82, 2.24) is 10.9 Å². The van der Waals surface area contributed by atoms with E-state index < -0.39 is 6.03 Å². The molecule has 0 saturated heterocycles. The van der Waals surface area contributed by atoms with E-state index in [-0.39, 0.29) is 12.7 Å². The number of hydrogen-bond acceptors (Lipinski definition) is 5. The van der Waals surface area contributed by atoms with Gasteiger partial charge in [0, 0.05) is 22.0 Å². The van der Waals surface area contributed by atoms with Crippen molar-refractivity contribution in [2.45, 2.75) is 26.2 Å². The van der Waals surface area contributed by atoms with Gasteiger partial charge in [0.15, 0.2) is 11.5 Å². The zero-order valence-electron chi connectivity index (χ0n) is 14.3. The maximum Gasteiger partial charge on any atom is 0.337 e. The summed E-state index contributed by atoms with van der Waals surface area (Å²) in [5, 5.41) is 4.51. The standard InChI is InChI=1S/C18H19N3O4S/c1-10-2-4-12-13(8-26-16(12)6-10)17(22)20-21-18(23)19-11-3-5-14-15(7-11)25-9-24-14/h3,5,7-8,10H,2,4,6,9H2,1H3,(H,20,22)(H2,19,21,23)/t10-/m1/s1. The summed E-state index contributed by atoms with van der Waals surface area (Å²) >= 11 is 1.62. The summed E-state index contributed by atoms with van der Waals surface area (Å²) in [4.78, 5) is 25.7. The Morgan fingerprint density at radius 2 is 2.04 bits per heavy atom. The highest BCUT2D eigenvalue weighted by molar-refractivity contribution is 7.10. The highest BCUT2D eigenvalue weighted by atomic mass is 32.1. The van der Waals surface area contributed by atoms with Gasteiger partial charge in [0.05, 0.1) is 5.56 Å². The molecule has 1 aromatic carbocycles. The number of hydrazine groups is 1. The molecule has 1 atom stereocenters. The second kappa shape index (κ2) is 6.87. The van der Waals surface area contributed by atoms with E-state index in [1.165, 1.54) is 4.88 Å². The first kappa shape index (κ1) is 16.7. The van der Waals surface area contributed by atoms with Gasteiger partial charge in [-0.05, 0) is 42.9 Å². The van der Waals surface area contributed by atoms with Crippen molar-refractivity contribution in [3.63, 3.8) is 0 Å².